The van der Waals surface area contributed by atoms with Crippen LogP contribution in [0.25, 0.3) is 0 Å². The lowest BCUT2D eigenvalue weighted by molar-refractivity contribution is -0.147. The number of carbonyl (C=O) groups excluding carboxylic acids is 3. The molecule has 0 saturated heterocycles. The zero-order valence-corrected chi connectivity index (χ0v) is 16.8. The van der Waals surface area contributed by atoms with Gasteiger partial charge >= 0.3 is 11.9 Å². The Morgan fingerprint density at radius 3 is 2.34 bits per heavy atom. The van der Waals surface area contributed by atoms with Crippen molar-refractivity contribution in [3.05, 3.63) is 59.7 Å². The van der Waals surface area contributed by atoms with Gasteiger partial charge in [0, 0.05) is 5.69 Å². The summed E-state index contributed by atoms with van der Waals surface area (Å²) >= 11 is 0. The lowest BCUT2D eigenvalue weighted by Gasteiger charge is -2.10. The maximum atomic E-state index is 11.9. The molecule has 0 fully saturated rings. The smallest absolute Gasteiger partial charge is 0.338 e. The Morgan fingerprint density at radius 2 is 1.69 bits per heavy atom. The molecule has 0 aliphatic carbocycles. The van der Waals surface area contributed by atoms with Gasteiger partial charge in [0.25, 0.3) is 5.91 Å². The highest BCUT2D eigenvalue weighted by Crippen LogP contribution is 2.16. The molecular weight excluding hydrogens is 374 g/mol. The number of anilines is 1. The van der Waals surface area contributed by atoms with Crippen LogP contribution in [0.4, 0.5) is 5.69 Å². The van der Waals surface area contributed by atoms with E-state index >= 15 is 0 Å². The Hall–Kier alpha value is -3.35. The van der Waals surface area contributed by atoms with E-state index < -0.39 is 24.5 Å². The van der Waals surface area contributed by atoms with Crippen LogP contribution in [0, 0.1) is 6.92 Å². The summed E-state index contributed by atoms with van der Waals surface area (Å²) in [7, 11) is 0. The predicted molar refractivity (Wildman–Crippen MR) is 108 cm³/mol. The molecule has 7 heteroatoms. The Balaban J connectivity index is 1.70. The molecular formula is C22H25NO6. The third kappa shape index (κ3) is 7.65. The summed E-state index contributed by atoms with van der Waals surface area (Å²) in [4.78, 5) is 35.4. The molecule has 2 rings (SSSR count). The van der Waals surface area contributed by atoms with Crippen LogP contribution in [-0.4, -0.2) is 37.2 Å². The number of ether oxygens (including phenoxy) is 3. The molecule has 0 atom stereocenters. The fourth-order valence-corrected chi connectivity index (χ4v) is 2.35. The lowest BCUT2D eigenvalue weighted by atomic mass is 10.2. The second-order valence-electron chi connectivity index (χ2n) is 6.60. The molecule has 0 heterocycles. The lowest BCUT2D eigenvalue weighted by Crippen LogP contribution is -2.21. The first-order valence-corrected chi connectivity index (χ1v) is 9.30. The van der Waals surface area contributed by atoms with Gasteiger partial charge in [-0.2, -0.15) is 0 Å². The SMILES string of the molecule is Cc1ccccc1OCCC(=O)OCC(=O)Nc1ccc(C(=O)OC(C)C)cc1. The number of rotatable bonds is 9. The first kappa shape index (κ1) is 21.9. The van der Waals surface area contributed by atoms with Gasteiger partial charge in [-0.1, -0.05) is 18.2 Å². The maximum absolute atomic E-state index is 11.9. The Kier molecular flexibility index (Phi) is 8.21. The van der Waals surface area contributed by atoms with Crippen molar-refractivity contribution in [2.24, 2.45) is 0 Å². The van der Waals surface area contributed by atoms with Gasteiger partial charge in [-0.3, -0.25) is 9.59 Å². The number of esters is 2. The number of aryl methyl sites for hydroxylation is 1. The molecule has 29 heavy (non-hydrogen) atoms. The summed E-state index contributed by atoms with van der Waals surface area (Å²) in [5.74, 6) is -0.727. The second-order valence-corrected chi connectivity index (χ2v) is 6.60. The van der Waals surface area contributed by atoms with E-state index in [1.807, 2.05) is 31.2 Å². The summed E-state index contributed by atoms with van der Waals surface area (Å²) in [6.45, 7) is 5.21. The van der Waals surface area contributed by atoms with Crippen molar-refractivity contribution in [1.29, 1.82) is 0 Å². The first-order valence-electron chi connectivity index (χ1n) is 9.30. The summed E-state index contributed by atoms with van der Waals surface area (Å²) in [6, 6.07) is 13.7. The largest absolute Gasteiger partial charge is 0.493 e. The van der Waals surface area contributed by atoms with E-state index in [2.05, 4.69) is 5.32 Å². The van der Waals surface area contributed by atoms with Crippen LogP contribution in [0.3, 0.4) is 0 Å². The van der Waals surface area contributed by atoms with E-state index in [1.165, 1.54) is 0 Å². The zero-order valence-electron chi connectivity index (χ0n) is 16.8. The quantitative estimate of drug-likeness (QED) is 0.649. The average molecular weight is 399 g/mol. The number of para-hydroxylation sites is 1. The molecule has 0 radical (unpaired) electrons. The molecule has 1 amide bonds. The average Bonchev–Trinajstić information content (AvgIpc) is 2.68. The van der Waals surface area contributed by atoms with E-state index in [4.69, 9.17) is 14.2 Å². The Morgan fingerprint density at radius 1 is 1.00 bits per heavy atom. The predicted octanol–water partition coefficient (Wildman–Crippen LogP) is 3.51. The number of nitrogens with one attached hydrogen (secondary N) is 1. The van der Waals surface area contributed by atoms with Crippen LogP contribution >= 0.6 is 0 Å². The monoisotopic (exact) mass is 399 g/mol. The fraction of sp³-hybridized carbons (Fsp3) is 0.318. The van der Waals surface area contributed by atoms with Crippen molar-refractivity contribution in [2.45, 2.75) is 33.3 Å². The molecule has 0 saturated carbocycles. The minimum atomic E-state index is -0.527. The molecule has 1 N–H and O–H groups in total. The minimum absolute atomic E-state index is 0.0360. The van der Waals surface area contributed by atoms with Crippen molar-refractivity contribution in [3.8, 4) is 5.75 Å². The maximum Gasteiger partial charge on any atom is 0.338 e. The van der Waals surface area contributed by atoms with Gasteiger partial charge in [0.15, 0.2) is 6.61 Å². The highest BCUT2D eigenvalue weighted by Gasteiger charge is 2.11. The van der Waals surface area contributed by atoms with E-state index in [9.17, 15) is 14.4 Å². The zero-order chi connectivity index (χ0) is 21.2. The standard InChI is InChI=1S/C22H25NO6/c1-15(2)29-22(26)17-8-10-18(11-9-17)23-20(24)14-28-21(25)12-13-27-19-7-5-4-6-16(19)3/h4-11,15H,12-14H2,1-3H3,(H,23,24). The van der Waals surface area contributed by atoms with Crippen LogP contribution in [0.1, 0.15) is 36.2 Å². The summed E-state index contributed by atoms with van der Waals surface area (Å²) in [5.41, 5.74) is 1.84. The number of hydrogen-bond acceptors (Lipinski definition) is 6. The molecule has 0 aliphatic heterocycles. The van der Waals surface area contributed by atoms with Crippen molar-refractivity contribution in [1.82, 2.24) is 0 Å². The van der Waals surface area contributed by atoms with E-state index in [-0.39, 0.29) is 19.1 Å². The van der Waals surface area contributed by atoms with Crippen molar-refractivity contribution < 1.29 is 28.6 Å². The van der Waals surface area contributed by atoms with Gasteiger partial charge in [0.2, 0.25) is 0 Å². The molecule has 2 aromatic carbocycles. The van der Waals surface area contributed by atoms with Crippen molar-refractivity contribution in [2.75, 3.05) is 18.5 Å². The number of hydrogen-bond donors (Lipinski definition) is 1. The second kappa shape index (κ2) is 10.8. The van der Waals surface area contributed by atoms with Gasteiger partial charge < -0.3 is 19.5 Å². The van der Waals surface area contributed by atoms with Crippen LogP contribution < -0.4 is 10.1 Å². The molecule has 154 valence electrons. The van der Waals surface area contributed by atoms with Crippen molar-refractivity contribution in [3.63, 3.8) is 0 Å². The van der Waals surface area contributed by atoms with E-state index in [0.29, 0.717) is 17.0 Å². The van der Waals surface area contributed by atoms with E-state index in [1.54, 1.807) is 38.1 Å². The summed E-state index contributed by atoms with van der Waals surface area (Å²) in [6.07, 6.45) is -0.174. The molecule has 7 nitrogen and oxygen atoms in total. The third-order valence-corrected chi connectivity index (χ3v) is 3.77. The Bertz CT molecular complexity index is 845. The third-order valence-electron chi connectivity index (χ3n) is 3.77. The highest BCUT2D eigenvalue weighted by atomic mass is 16.5. The minimum Gasteiger partial charge on any atom is -0.493 e. The molecule has 0 aromatic heterocycles. The molecule has 2 aromatic rings. The normalized spacial score (nSPS) is 10.3. The molecule has 0 bridgehead atoms. The topological polar surface area (TPSA) is 90.9 Å². The van der Waals surface area contributed by atoms with Gasteiger partial charge in [0.05, 0.1) is 24.7 Å². The number of benzene rings is 2. The fourth-order valence-electron chi connectivity index (χ4n) is 2.35. The molecule has 0 aliphatic rings. The number of carbonyl (C=O) groups is 3. The molecule has 0 spiro atoms. The van der Waals surface area contributed by atoms with Crippen LogP contribution in [0.15, 0.2) is 48.5 Å². The molecule has 0 unspecified atom stereocenters. The number of amides is 1. The van der Waals surface area contributed by atoms with Gasteiger partial charge in [-0.15, -0.1) is 0 Å². The van der Waals surface area contributed by atoms with Crippen LogP contribution in [0.2, 0.25) is 0 Å². The van der Waals surface area contributed by atoms with Gasteiger partial charge in [-0.25, -0.2) is 4.79 Å². The van der Waals surface area contributed by atoms with Gasteiger partial charge in [0.1, 0.15) is 5.75 Å². The Labute approximate surface area is 170 Å². The first-order chi connectivity index (χ1) is 13.8. The van der Waals surface area contributed by atoms with Crippen LogP contribution in [-0.2, 0) is 19.1 Å². The van der Waals surface area contributed by atoms with E-state index in [0.717, 1.165) is 5.56 Å². The highest BCUT2D eigenvalue weighted by molar-refractivity contribution is 5.94. The summed E-state index contributed by atoms with van der Waals surface area (Å²) in [5, 5.41) is 2.59. The van der Waals surface area contributed by atoms with Crippen molar-refractivity contribution >= 4 is 23.5 Å². The summed E-state index contributed by atoms with van der Waals surface area (Å²) < 4.78 is 15.6. The van der Waals surface area contributed by atoms with Gasteiger partial charge in [-0.05, 0) is 56.7 Å². The van der Waals surface area contributed by atoms with Crippen LogP contribution in [0.5, 0.6) is 5.75 Å².